The Morgan fingerprint density at radius 1 is 1.33 bits per heavy atom. The molecule has 0 amide bonds. The summed E-state index contributed by atoms with van der Waals surface area (Å²) in [7, 11) is 0. The number of hydrogen-bond acceptors (Lipinski definition) is 2. The van der Waals surface area contributed by atoms with Gasteiger partial charge in [-0.1, -0.05) is 24.3 Å². The van der Waals surface area contributed by atoms with E-state index in [1.54, 1.807) is 0 Å². The highest BCUT2D eigenvalue weighted by Crippen LogP contribution is 2.29. The Labute approximate surface area is 71.9 Å². The van der Waals surface area contributed by atoms with E-state index in [0.29, 0.717) is 0 Å². The van der Waals surface area contributed by atoms with Crippen LogP contribution in [0.2, 0.25) is 0 Å². The molecule has 0 saturated carbocycles. The molecule has 2 rings (SSSR count). The summed E-state index contributed by atoms with van der Waals surface area (Å²) in [4.78, 5) is 0. The van der Waals surface area contributed by atoms with Gasteiger partial charge in [0.25, 0.3) is 0 Å². The molecule has 0 aromatic heterocycles. The zero-order valence-corrected chi connectivity index (χ0v) is 6.83. The maximum atomic E-state index is 5.91. The second kappa shape index (κ2) is 2.64. The first kappa shape index (κ1) is 7.37. The Bertz CT molecular complexity index is 329. The summed E-state index contributed by atoms with van der Waals surface area (Å²) in [5, 5.41) is 0. The highest BCUT2D eigenvalue weighted by Gasteiger charge is 2.13. The second-order valence-electron chi connectivity index (χ2n) is 3.09. The smallest absolute Gasteiger partial charge is 0.0390 e. The van der Waals surface area contributed by atoms with Crippen molar-refractivity contribution in [2.75, 3.05) is 5.73 Å². The predicted molar refractivity (Wildman–Crippen MR) is 51.4 cm³/mol. The molecule has 0 aliphatic heterocycles. The molecule has 0 fully saturated rings. The summed E-state index contributed by atoms with van der Waals surface area (Å²) in [6, 6.07) is 6.02. The molecule has 1 aliphatic carbocycles. The van der Waals surface area contributed by atoms with E-state index < -0.39 is 0 Å². The van der Waals surface area contributed by atoms with Crippen molar-refractivity contribution in [1.29, 1.82) is 0 Å². The van der Waals surface area contributed by atoms with Crippen molar-refractivity contribution in [3.05, 3.63) is 35.4 Å². The van der Waals surface area contributed by atoms with Gasteiger partial charge in [0.2, 0.25) is 0 Å². The van der Waals surface area contributed by atoms with Crippen LogP contribution in [0.25, 0.3) is 6.08 Å². The molecule has 0 radical (unpaired) electrons. The SMILES string of the molecule is Nc1cccc2c1C=CC[C@@H]2N. The molecule has 0 heterocycles. The van der Waals surface area contributed by atoms with Gasteiger partial charge in [0.05, 0.1) is 0 Å². The van der Waals surface area contributed by atoms with Crippen molar-refractivity contribution in [2.24, 2.45) is 5.73 Å². The van der Waals surface area contributed by atoms with Crippen molar-refractivity contribution in [3.63, 3.8) is 0 Å². The van der Waals surface area contributed by atoms with E-state index in [1.165, 1.54) is 0 Å². The zero-order valence-electron chi connectivity index (χ0n) is 6.83. The van der Waals surface area contributed by atoms with Crippen LogP contribution in [0.4, 0.5) is 5.69 Å². The molecule has 12 heavy (non-hydrogen) atoms. The first-order valence-electron chi connectivity index (χ1n) is 4.09. The molecule has 0 unspecified atom stereocenters. The highest BCUT2D eigenvalue weighted by molar-refractivity contribution is 5.69. The molecule has 1 atom stereocenters. The molecule has 0 bridgehead atoms. The van der Waals surface area contributed by atoms with Gasteiger partial charge in [-0.25, -0.2) is 0 Å². The minimum absolute atomic E-state index is 0.119. The van der Waals surface area contributed by atoms with Gasteiger partial charge in [-0.15, -0.1) is 0 Å². The number of anilines is 1. The van der Waals surface area contributed by atoms with Crippen LogP contribution in [0.1, 0.15) is 23.6 Å². The lowest BCUT2D eigenvalue weighted by molar-refractivity contribution is 0.733. The lowest BCUT2D eigenvalue weighted by Gasteiger charge is -2.18. The number of benzene rings is 1. The van der Waals surface area contributed by atoms with Crippen LogP contribution in [-0.2, 0) is 0 Å². The molecule has 0 spiro atoms. The summed E-state index contributed by atoms with van der Waals surface area (Å²) >= 11 is 0. The van der Waals surface area contributed by atoms with Crippen molar-refractivity contribution in [3.8, 4) is 0 Å². The first-order chi connectivity index (χ1) is 5.79. The monoisotopic (exact) mass is 160 g/mol. The average molecular weight is 160 g/mol. The van der Waals surface area contributed by atoms with Gasteiger partial charge < -0.3 is 11.5 Å². The van der Waals surface area contributed by atoms with Gasteiger partial charge in [0.15, 0.2) is 0 Å². The molecule has 1 aliphatic rings. The number of nitrogen functional groups attached to an aromatic ring is 1. The Hall–Kier alpha value is -1.28. The Morgan fingerprint density at radius 3 is 2.92 bits per heavy atom. The van der Waals surface area contributed by atoms with Crippen molar-refractivity contribution < 1.29 is 0 Å². The third-order valence-corrected chi connectivity index (χ3v) is 2.25. The lowest BCUT2D eigenvalue weighted by Crippen LogP contribution is -2.13. The topological polar surface area (TPSA) is 52.0 Å². The van der Waals surface area contributed by atoms with E-state index in [9.17, 15) is 0 Å². The molecule has 0 saturated heterocycles. The Morgan fingerprint density at radius 2 is 2.17 bits per heavy atom. The van der Waals surface area contributed by atoms with Crippen LogP contribution in [-0.4, -0.2) is 0 Å². The third-order valence-electron chi connectivity index (χ3n) is 2.25. The maximum Gasteiger partial charge on any atom is 0.0390 e. The molecule has 1 aromatic rings. The van der Waals surface area contributed by atoms with Gasteiger partial charge in [-0.2, -0.15) is 0 Å². The molecule has 2 nitrogen and oxygen atoms in total. The zero-order chi connectivity index (χ0) is 8.55. The van der Waals surface area contributed by atoms with Crippen LogP contribution in [0.3, 0.4) is 0 Å². The van der Waals surface area contributed by atoms with Crippen LogP contribution in [0.15, 0.2) is 24.3 Å². The number of fused-ring (bicyclic) bond motifs is 1. The van der Waals surface area contributed by atoms with E-state index >= 15 is 0 Å². The van der Waals surface area contributed by atoms with E-state index in [4.69, 9.17) is 11.5 Å². The highest BCUT2D eigenvalue weighted by atomic mass is 14.6. The van der Waals surface area contributed by atoms with Gasteiger partial charge in [-0.05, 0) is 18.1 Å². The van der Waals surface area contributed by atoms with E-state index in [0.717, 1.165) is 23.2 Å². The van der Waals surface area contributed by atoms with Gasteiger partial charge in [0.1, 0.15) is 0 Å². The molecule has 4 N–H and O–H groups in total. The summed E-state index contributed by atoms with van der Waals surface area (Å²) in [5.41, 5.74) is 14.8. The van der Waals surface area contributed by atoms with Crippen molar-refractivity contribution >= 4 is 11.8 Å². The molecule has 1 aromatic carbocycles. The van der Waals surface area contributed by atoms with E-state index in [1.807, 2.05) is 24.3 Å². The van der Waals surface area contributed by atoms with Gasteiger partial charge >= 0.3 is 0 Å². The fourth-order valence-corrected chi connectivity index (χ4v) is 1.58. The summed E-state index contributed by atoms with van der Waals surface area (Å²) in [6.07, 6.45) is 5.04. The normalized spacial score (nSPS) is 20.6. The minimum Gasteiger partial charge on any atom is -0.398 e. The Kier molecular flexibility index (Phi) is 1.62. The molecular weight excluding hydrogens is 148 g/mol. The van der Waals surface area contributed by atoms with Gasteiger partial charge in [0, 0.05) is 17.3 Å². The van der Waals surface area contributed by atoms with Crippen LogP contribution < -0.4 is 11.5 Å². The number of hydrogen-bond donors (Lipinski definition) is 2. The standard InChI is InChI=1S/C10H12N2/c11-9-5-1-3-7-8(9)4-2-6-10(7)12/h1-5,10H,6,11-12H2/t10-/m0/s1. The van der Waals surface area contributed by atoms with Crippen LogP contribution in [0, 0.1) is 0 Å². The second-order valence-corrected chi connectivity index (χ2v) is 3.09. The van der Waals surface area contributed by atoms with Crippen LogP contribution >= 0.6 is 0 Å². The summed E-state index contributed by atoms with van der Waals surface area (Å²) in [6.45, 7) is 0. The number of rotatable bonds is 0. The minimum atomic E-state index is 0.119. The van der Waals surface area contributed by atoms with Crippen molar-refractivity contribution in [2.45, 2.75) is 12.5 Å². The van der Waals surface area contributed by atoms with E-state index in [-0.39, 0.29) is 6.04 Å². The average Bonchev–Trinajstić information content (AvgIpc) is 2.07. The van der Waals surface area contributed by atoms with Crippen LogP contribution in [0.5, 0.6) is 0 Å². The number of nitrogens with two attached hydrogens (primary N) is 2. The summed E-state index contributed by atoms with van der Waals surface area (Å²) in [5.74, 6) is 0. The quantitative estimate of drug-likeness (QED) is 0.567. The van der Waals surface area contributed by atoms with E-state index in [2.05, 4.69) is 6.08 Å². The molecule has 62 valence electrons. The van der Waals surface area contributed by atoms with Crippen molar-refractivity contribution in [1.82, 2.24) is 0 Å². The largest absolute Gasteiger partial charge is 0.398 e. The molecular formula is C10H12N2. The fraction of sp³-hybridized carbons (Fsp3) is 0.200. The third kappa shape index (κ3) is 1.01. The summed E-state index contributed by atoms with van der Waals surface area (Å²) < 4.78 is 0. The molecule has 2 heteroatoms. The maximum absolute atomic E-state index is 5.91. The lowest BCUT2D eigenvalue weighted by atomic mass is 9.92. The first-order valence-corrected chi connectivity index (χ1v) is 4.09. The predicted octanol–water partition coefficient (Wildman–Crippen LogP) is 1.69. The fourth-order valence-electron chi connectivity index (χ4n) is 1.58. The van der Waals surface area contributed by atoms with Gasteiger partial charge in [-0.3, -0.25) is 0 Å². The Balaban J connectivity index is 2.61.